The third-order valence-corrected chi connectivity index (χ3v) is 2.13. The van der Waals surface area contributed by atoms with E-state index in [0.717, 1.165) is 16.1 Å². The Kier molecular flexibility index (Phi) is 3.45. The van der Waals surface area contributed by atoms with E-state index in [1.165, 1.54) is 0 Å². The van der Waals surface area contributed by atoms with Gasteiger partial charge in [-0.3, -0.25) is 0 Å². The molecule has 0 unspecified atom stereocenters. The lowest BCUT2D eigenvalue weighted by Gasteiger charge is -1.97. The first kappa shape index (κ1) is 9.43. The highest BCUT2D eigenvalue weighted by molar-refractivity contribution is 7.79. The van der Waals surface area contributed by atoms with E-state index in [1.807, 2.05) is 37.3 Å². The normalized spacial score (nSPS) is 10.5. The van der Waals surface area contributed by atoms with Gasteiger partial charge < -0.3 is 0 Å². The highest BCUT2D eigenvalue weighted by Crippen LogP contribution is 2.17. The van der Waals surface area contributed by atoms with Gasteiger partial charge in [0.1, 0.15) is 0 Å². The van der Waals surface area contributed by atoms with E-state index in [4.69, 9.17) is 11.6 Å². The zero-order valence-corrected chi connectivity index (χ0v) is 8.32. The zero-order chi connectivity index (χ0) is 8.97. The van der Waals surface area contributed by atoms with Gasteiger partial charge in [-0.25, -0.2) is 0 Å². The minimum Gasteiger partial charge on any atom is -0.0887 e. The third-order valence-electron chi connectivity index (χ3n) is 1.56. The Balaban J connectivity index is 2.96. The summed E-state index contributed by atoms with van der Waals surface area (Å²) in [5.74, 6) is 0. The summed E-state index contributed by atoms with van der Waals surface area (Å²) in [5.41, 5.74) is 2.17. The van der Waals surface area contributed by atoms with Gasteiger partial charge in [0, 0.05) is 10.4 Å². The van der Waals surface area contributed by atoms with Gasteiger partial charge in [-0.15, -0.1) is 0 Å². The molecule has 0 spiro atoms. The van der Waals surface area contributed by atoms with E-state index >= 15 is 0 Å². The van der Waals surface area contributed by atoms with Crippen LogP contribution in [0.1, 0.15) is 11.1 Å². The molecule has 12 heavy (non-hydrogen) atoms. The Labute approximate surface area is 82.9 Å². The van der Waals surface area contributed by atoms with Gasteiger partial charge in [0.05, 0.1) is 0 Å². The summed E-state index contributed by atoms with van der Waals surface area (Å²) in [7, 11) is 0. The number of aryl methyl sites for hydroxylation is 1. The van der Waals surface area contributed by atoms with Crippen LogP contribution in [0.25, 0.3) is 6.08 Å². The van der Waals surface area contributed by atoms with E-state index in [-0.39, 0.29) is 0 Å². The van der Waals surface area contributed by atoms with E-state index in [2.05, 4.69) is 12.2 Å². The third kappa shape index (κ3) is 2.43. The average molecular weight is 197 g/mol. The maximum atomic E-state index is 5.92. The monoisotopic (exact) mass is 196 g/mol. The second kappa shape index (κ2) is 4.39. The van der Waals surface area contributed by atoms with Gasteiger partial charge in [0.25, 0.3) is 0 Å². The summed E-state index contributed by atoms with van der Waals surface area (Å²) < 4.78 is 0. The minimum absolute atomic E-state index is 0.793. The van der Waals surface area contributed by atoms with Crippen LogP contribution in [-0.2, 0) is 0 Å². The van der Waals surface area contributed by atoms with E-state index < -0.39 is 0 Å². The molecule has 0 saturated carbocycles. The molecule has 0 aromatic heterocycles. The lowest BCUT2D eigenvalue weighted by molar-refractivity contribution is 1.46. The Hall–Kier alpha value is -0.660. The molecule has 0 aliphatic carbocycles. The van der Waals surface area contributed by atoms with Crippen LogP contribution in [0, 0.1) is 6.92 Å². The Morgan fingerprint density at radius 2 is 2.17 bits per heavy atom. The summed E-state index contributed by atoms with van der Waals surface area (Å²) in [6.45, 7) is 1.98. The first-order valence-electron chi connectivity index (χ1n) is 3.62. The molecule has 0 heterocycles. The first-order valence-corrected chi connectivity index (χ1v) is 4.47. The Morgan fingerprint density at radius 3 is 2.75 bits per heavy atom. The van der Waals surface area contributed by atoms with Crippen LogP contribution < -0.4 is 0 Å². The van der Waals surface area contributed by atoms with Crippen LogP contribution in [-0.4, -0.2) is 5.37 Å². The van der Waals surface area contributed by atoms with Crippen LogP contribution in [0.3, 0.4) is 0 Å². The lowest BCUT2D eigenvalue weighted by atomic mass is 10.1. The van der Waals surface area contributed by atoms with Gasteiger partial charge in [-0.2, -0.15) is 0 Å². The molecule has 2 heteroatoms. The molecule has 0 bridgehead atoms. The van der Waals surface area contributed by atoms with Crippen LogP contribution in [0.4, 0.5) is 0 Å². The van der Waals surface area contributed by atoms with Crippen molar-refractivity contribution in [2.75, 3.05) is 0 Å². The molecule has 1 aromatic rings. The topological polar surface area (TPSA) is 0 Å². The number of allylic oxidation sites excluding steroid dienone is 1. The van der Waals surface area contributed by atoms with Gasteiger partial charge in [0.15, 0.2) is 0 Å². The van der Waals surface area contributed by atoms with Crippen molar-refractivity contribution in [1.82, 2.24) is 0 Å². The fraction of sp³-hybridized carbons (Fsp3) is 0.100. The average Bonchev–Trinajstić information content (AvgIpc) is 2.07. The van der Waals surface area contributed by atoms with Crippen molar-refractivity contribution < 1.29 is 0 Å². The molecule has 1 rings (SSSR count). The van der Waals surface area contributed by atoms with Gasteiger partial charge in [-0.05, 0) is 24.1 Å². The van der Waals surface area contributed by atoms with Crippen molar-refractivity contribution in [3.05, 3.63) is 40.4 Å². The molecule has 0 radical (unpaired) electrons. The largest absolute Gasteiger partial charge is 0.0887 e. The predicted molar refractivity (Wildman–Crippen MR) is 58.9 cm³/mol. The highest BCUT2D eigenvalue weighted by Gasteiger charge is 1.93. The Bertz CT molecular complexity index is 316. The predicted octanol–water partition coefficient (Wildman–Crippen LogP) is 3.66. The van der Waals surface area contributed by atoms with Crippen molar-refractivity contribution in [2.24, 2.45) is 0 Å². The summed E-state index contributed by atoms with van der Waals surface area (Å²) in [4.78, 5) is 0. The Morgan fingerprint density at radius 1 is 1.42 bits per heavy atom. The smallest absolute Gasteiger partial charge is 0.0441 e. The van der Waals surface area contributed by atoms with E-state index in [1.54, 1.807) is 5.37 Å². The number of rotatable bonds is 2. The molecule has 0 amide bonds. The highest BCUT2D eigenvalue weighted by atomic mass is 35.5. The molecule has 0 atom stereocenters. The molecular weight excluding hydrogens is 188 g/mol. The van der Waals surface area contributed by atoms with E-state index in [0.29, 0.717) is 0 Å². The second-order valence-electron chi connectivity index (χ2n) is 2.50. The molecule has 0 aliphatic rings. The van der Waals surface area contributed by atoms with Crippen LogP contribution in [0.5, 0.6) is 0 Å². The van der Waals surface area contributed by atoms with Crippen molar-refractivity contribution in [3.63, 3.8) is 0 Å². The van der Waals surface area contributed by atoms with Gasteiger partial charge in [0.2, 0.25) is 0 Å². The SMILES string of the molecule is Cc1ccc(C=CC=S)cc1Cl. The fourth-order valence-electron chi connectivity index (χ4n) is 0.863. The van der Waals surface area contributed by atoms with Gasteiger partial charge >= 0.3 is 0 Å². The zero-order valence-electron chi connectivity index (χ0n) is 6.75. The van der Waals surface area contributed by atoms with Crippen molar-refractivity contribution in [1.29, 1.82) is 0 Å². The fourth-order valence-corrected chi connectivity index (χ4v) is 1.13. The molecule has 0 aliphatic heterocycles. The van der Waals surface area contributed by atoms with Crippen molar-refractivity contribution >= 4 is 35.3 Å². The molecule has 0 nitrogen and oxygen atoms in total. The van der Waals surface area contributed by atoms with E-state index in [9.17, 15) is 0 Å². The summed E-state index contributed by atoms with van der Waals surface area (Å²) >= 11 is 10.6. The second-order valence-corrected chi connectivity index (χ2v) is 3.18. The van der Waals surface area contributed by atoms with Gasteiger partial charge in [-0.1, -0.05) is 48.1 Å². The number of halogens is 1. The molecule has 62 valence electrons. The molecule has 0 saturated heterocycles. The standard InChI is InChI=1S/C10H9ClS/c1-8-4-5-9(3-2-6-12)7-10(8)11/h2-7H,1H3. The number of hydrogen-bond acceptors (Lipinski definition) is 1. The molecule has 0 N–H and O–H groups in total. The van der Waals surface area contributed by atoms with Crippen LogP contribution in [0.15, 0.2) is 24.3 Å². The minimum atomic E-state index is 0.793. The molecule has 1 aromatic carbocycles. The summed E-state index contributed by atoms with van der Waals surface area (Å²) in [6, 6.07) is 5.92. The van der Waals surface area contributed by atoms with Crippen LogP contribution in [0.2, 0.25) is 5.02 Å². The molecular formula is C10H9ClS. The van der Waals surface area contributed by atoms with Crippen LogP contribution >= 0.6 is 23.8 Å². The summed E-state index contributed by atoms with van der Waals surface area (Å²) in [5, 5.41) is 2.37. The maximum absolute atomic E-state index is 5.92. The lowest BCUT2D eigenvalue weighted by Crippen LogP contribution is -1.76. The molecule has 0 fully saturated rings. The maximum Gasteiger partial charge on any atom is 0.0441 e. The number of benzene rings is 1. The van der Waals surface area contributed by atoms with Crippen molar-refractivity contribution in [3.8, 4) is 0 Å². The quantitative estimate of drug-likeness (QED) is 0.514. The van der Waals surface area contributed by atoms with Crippen molar-refractivity contribution in [2.45, 2.75) is 6.92 Å². The first-order chi connectivity index (χ1) is 5.74. The summed E-state index contributed by atoms with van der Waals surface area (Å²) in [6.07, 6.45) is 3.74. The number of thiocarbonyl (C=S) groups is 1. The number of hydrogen-bond donors (Lipinski definition) is 0.